The number of hydrogen-bond donors (Lipinski definition) is 1. The molecular formula is C17H22N2OS. The summed E-state index contributed by atoms with van der Waals surface area (Å²) in [6.45, 7) is 7.78. The second-order valence-electron chi connectivity index (χ2n) is 5.62. The molecule has 0 saturated carbocycles. The van der Waals surface area contributed by atoms with Crippen LogP contribution >= 0.6 is 10.5 Å². The van der Waals surface area contributed by atoms with Gasteiger partial charge >= 0.3 is 0 Å². The van der Waals surface area contributed by atoms with Gasteiger partial charge in [-0.2, -0.15) is 0 Å². The molecule has 112 valence electrons. The number of piperazine rings is 1. The maximum absolute atomic E-state index is 11.3. The highest BCUT2D eigenvalue weighted by molar-refractivity contribution is 8.18. The highest BCUT2D eigenvalue weighted by atomic mass is 32.2. The van der Waals surface area contributed by atoms with Crippen LogP contribution in [0.5, 0.6) is 0 Å². The maximum atomic E-state index is 11.3. The first-order chi connectivity index (χ1) is 10.3. The molecule has 0 aliphatic carbocycles. The third-order valence-corrected chi connectivity index (χ3v) is 6.18. The lowest BCUT2D eigenvalue weighted by Gasteiger charge is -2.27. The molecule has 4 heteroatoms. The van der Waals surface area contributed by atoms with Crippen LogP contribution < -0.4 is 5.32 Å². The average Bonchev–Trinajstić information content (AvgIpc) is 2.80. The van der Waals surface area contributed by atoms with Crippen molar-refractivity contribution in [3.05, 3.63) is 34.7 Å². The van der Waals surface area contributed by atoms with E-state index in [-0.39, 0.29) is 0 Å². The SMILES string of the molecule is CC1=C(CCCN2CCNCC2)c2ccccc2S1=C=O. The molecule has 1 atom stereocenters. The first-order valence-electron chi connectivity index (χ1n) is 7.65. The van der Waals surface area contributed by atoms with E-state index in [1.165, 1.54) is 20.9 Å². The molecule has 0 aromatic heterocycles. The highest BCUT2D eigenvalue weighted by Gasteiger charge is 2.23. The molecule has 1 N–H and O–H groups in total. The lowest BCUT2D eigenvalue weighted by Crippen LogP contribution is -2.43. The Kier molecular flexibility index (Phi) is 4.71. The van der Waals surface area contributed by atoms with Crippen molar-refractivity contribution in [2.45, 2.75) is 24.7 Å². The first-order valence-corrected chi connectivity index (χ1v) is 8.88. The van der Waals surface area contributed by atoms with Crippen LogP contribution in [0.2, 0.25) is 0 Å². The number of rotatable bonds is 4. The molecule has 2 aliphatic heterocycles. The summed E-state index contributed by atoms with van der Waals surface area (Å²) in [5.41, 5.74) is 2.66. The highest BCUT2D eigenvalue weighted by Crippen LogP contribution is 2.49. The predicted octanol–water partition coefficient (Wildman–Crippen LogP) is 2.81. The molecule has 1 fully saturated rings. The molecule has 2 aliphatic rings. The van der Waals surface area contributed by atoms with Gasteiger partial charge in [0.15, 0.2) is 5.23 Å². The summed E-state index contributed by atoms with van der Waals surface area (Å²) in [5, 5.41) is 5.63. The van der Waals surface area contributed by atoms with Crippen LogP contribution in [0.4, 0.5) is 0 Å². The van der Waals surface area contributed by atoms with Crippen molar-refractivity contribution in [3.63, 3.8) is 0 Å². The van der Waals surface area contributed by atoms with Gasteiger partial charge in [-0.05, 0) is 58.9 Å². The van der Waals surface area contributed by atoms with E-state index in [1.807, 2.05) is 6.07 Å². The van der Waals surface area contributed by atoms with E-state index in [4.69, 9.17) is 0 Å². The molecule has 2 heterocycles. The van der Waals surface area contributed by atoms with Crippen molar-refractivity contribution in [1.82, 2.24) is 10.2 Å². The Morgan fingerprint density at radius 2 is 2.05 bits per heavy atom. The number of benzene rings is 1. The Morgan fingerprint density at radius 1 is 1.29 bits per heavy atom. The summed E-state index contributed by atoms with van der Waals surface area (Å²) in [5.74, 6) is 0. The molecular weight excluding hydrogens is 280 g/mol. The fourth-order valence-electron chi connectivity index (χ4n) is 3.20. The minimum atomic E-state index is -0.442. The molecule has 1 aromatic rings. The topological polar surface area (TPSA) is 32.3 Å². The number of fused-ring (bicyclic) bond motifs is 1. The molecule has 3 nitrogen and oxygen atoms in total. The van der Waals surface area contributed by atoms with Crippen molar-refractivity contribution >= 4 is 21.3 Å². The van der Waals surface area contributed by atoms with Crippen molar-refractivity contribution in [2.24, 2.45) is 0 Å². The van der Waals surface area contributed by atoms with E-state index in [1.54, 1.807) is 0 Å². The molecule has 1 saturated heterocycles. The van der Waals surface area contributed by atoms with E-state index >= 15 is 0 Å². The van der Waals surface area contributed by atoms with Gasteiger partial charge in [-0.3, -0.25) is 0 Å². The quantitative estimate of drug-likeness (QED) is 0.868. The fraction of sp³-hybridized carbons (Fsp3) is 0.471. The van der Waals surface area contributed by atoms with Crippen molar-refractivity contribution in [3.8, 4) is 0 Å². The van der Waals surface area contributed by atoms with Gasteiger partial charge in [0, 0.05) is 31.1 Å². The monoisotopic (exact) mass is 302 g/mol. The smallest absolute Gasteiger partial charge is 0.165 e. The summed E-state index contributed by atoms with van der Waals surface area (Å²) < 4.78 is 0. The summed E-state index contributed by atoms with van der Waals surface area (Å²) >= 11 is 0. The Hall–Kier alpha value is -1.19. The fourth-order valence-corrected chi connectivity index (χ4v) is 4.83. The van der Waals surface area contributed by atoms with Crippen LogP contribution in [0, 0.1) is 0 Å². The second kappa shape index (κ2) is 6.71. The van der Waals surface area contributed by atoms with Crippen molar-refractivity contribution in [2.75, 3.05) is 32.7 Å². The Bertz CT molecular complexity index is 611. The lowest BCUT2D eigenvalue weighted by atomic mass is 10.0. The normalized spacial score (nSPS) is 22.2. The standard InChI is InChI=1S/C17H22N2OS/c1-14-15(6-4-10-19-11-8-18-9-12-19)16-5-2-3-7-17(16)21(14)13-20/h2-3,5,7,18H,4,6,8-12H2,1H3. The zero-order chi connectivity index (χ0) is 14.7. The van der Waals surface area contributed by atoms with E-state index in [0.717, 1.165) is 45.6 Å². The minimum absolute atomic E-state index is 0.442. The van der Waals surface area contributed by atoms with Crippen molar-refractivity contribution < 1.29 is 4.79 Å². The number of carbonyl (C=O) groups excluding carboxylic acids is 1. The number of hydrogen-bond acceptors (Lipinski definition) is 3. The van der Waals surface area contributed by atoms with Crippen LogP contribution in [-0.2, 0) is 4.79 Å². The van der Waals surface area contributed by atoms with Crippen LogP contribution in [0.3, 0.4) is 0 Å². The predicted molar refractivity (Wildman–Crippen MR) is 89.1 cm³/mol. The average molecular weight is 302 g/mol. The van der Waals surface area contributed by atoms with Gasteiger partial charge in [0.2, 0.25) is 0 Å². The Labute approximate surface area is 129 Å². The van der Waals surface area contributed by atoms with Crippen LogP contribution in [-0.4, -0.2) is 42.9 Å². The van der Waals surface area contributed by atoms with Gasteiger partial charge in [0.1, 0.15) is 0 Å². The van der Waals surface area contributed by atoms with Gasteiger partial charge in [-0.1, -0.05) is 18.2 Å². The number of nitrogens with zero attached hydrogens (tertiary/aromatic N) is 1. The zero-order valence-electron chi connectivity index (χ0n) is 12.5. The van der Waals surface area contributed by atoms with Gasteiger partial charge in [0.25, 0.3) is 0 Å². The molecule has 0 amide bonds. The first kappa shape index (κ1) is 14.7. The summed E-state index contributed by atoms with van der Waals surface area (Å²) in [6.07, 6.45) is 2.23. The van der Waals surface area contributed by atoms with Gasteiger partial charge < -0.3 is 10.2 Å². The summed E-state index contributed by atoms with van der Waals surface area (Å²) in [7, 11) is -0.442. The van der Waals surface area contributed by atoms with Crippen LogP contribution in [0.1, 0.15) is 25.3 Å². The zero-order valence-corrected chi connectivity index (χ0v) is 13.3. The molecule has 0 bridgehead atoms. The lowest BCUT2D eigenvalue weighted by molar-refractivity contribution is 0.239. The Balaban J connectivity index is 1.69. The summed E-state index contributed by atoms with van der Waals surface area (Å²) in [4.78, 5) is 16.2. The third kappa shape index (κ3) is 3.04. The maximum Gasteiger partial charge on any atom is 0.165 e. The van der Waals surface area contributed by atoms with Gasteiger partial charge in [-0.25, -0.2) is 4.79 Å². The Morgan fingerprint density at radius 3 is 2.81 bits per heavy atom. The van der Waals surface area contributed by atoms with Gasteiger partial charge in [0.05, 0.1) is 0 Å². The molecule has 21 heavy (non-hydrogen) atoms. The third-order valence-electron chi connectivity index (χ3n) is 4.36. The number of nitrogens with one attached hydrogen (secondary N) is 1. The van der Waals surface area contributed by atoms with E-state index < -0.39 is 10.5 Å². The van der Waals surface area contributed by atoms with Crippen LogP contribution in [0.25, 0.3) is 5.57 Å². The number of allylic oxidation sites excluding steroid dienone is 2. The molecule has 1 unspecified atom stereocenters. The van der Waals surface area contributed by atoms with Gasteiger partial charge in [-0.15, -0.1) is 0 Å². The largest absolute Gasteiger partial charge is 0.314 e. The van der Waals surface area contributed by atoms with Crippen molar-refractivity contribution in [1.29, 1.82) is 0 Å². The molecule has 1 aromatic carbocycles. The van der Waals surface area contributed by atoms with Crippen LogP contribution in [0.15, 0.2) is 34.1 Å². The van der Waals surface area contributed by atoms with E-state index in [0.29, 0.717) is 0 Å². The van der Waals surface area contributed by atoms with E-state index in [2.05, 4.69) is 40.6 Å². The molecule has 0 radical (unpaired) electrons. The minimum Gasteiger partial charge on any atom is -0.314 e. The second-order valence-corrected chi connectivity index (χ2v) is 7.45. The summed E-state index contributed by atoms with van der Waals surface area (Å²) in [6, 6.07) is 8.33. The van der Waals surface area contributed by atoms with E-state index in [9.17, 15) is 4.79 Å². The molecule has 0 spiro atoms. The molecule has 3 rings (SSSR count).